The lowest BCUT2D eigenvalue weighted by Crippen LogP contribution is -2.27. The molecule has 0 spiro atoms. The first-order chi connectivity index (χ1) is 9.34. The first-order valence-electron chi connectivity index (χ1n) is 6.23. The van der Waals surface area contributed by atoms with E-state index in [2.05, 4.69) is 15.6 Å². The van der Waals surface area contributed by atoms with Gasteiger partial charge in [0.05, 0.1) is 12.8 Å². The van der Waals surface area contributed by atoms with Crippen LogP contribution in [0.25, 0.3) is 0 Å². The van der Waals surface area contributed by atoms with Crippen molar-refractivity contribution in [1.82, 2.24) is 15.6 Å². The molecule has 0 aliphatic carbocycles. The Morgan fingerprint density at radius 2 is 2.05 bits per heavy atom. The van der Waals surface area contributed by atoms with E-state index < -0.39 is 0 Å². The number of hydrogen-bond acceptors (Lipinski definition) is 4. The van der Waals surface area contributed by atoms with Gasteiger partial charge in [-0.1, -0.05) is 0 Å². The average Bonchev–Trinajstić information content (AvgIpc) is 2.96. The SMILES string of the molecule is O=C(CCNCc1ccco1)NCc1ccncc1. The molecule has 0 radical (unpaired) electrons. The minimum Gasteiger partial charge on any atom is -0.468 e. The molecule has 1 amide bonds. The summed E-state index contributed by atoms with van der Waals surface area (Å²) in [6.45, 7) is 1.81. The van der Waals surface area contributed by atoms with Crippen LogP contribution in [0.1, 0.15) is 17.7 Å². The monoisotopic (exact) mass is 259 g/mol. The van der Waals surface area contributed by atoms with Crippen molar-refractivity contribution < 1.29 is 9.21 Å². The molecule has 0 aromatic carbocycles. The molecular formula is C14H17N3O2. The summed E-state index contributed by atoms with van der Waals surface area (Å²) in [6.07, 6.45) is 5.52. The van der Waals surface area contributed by atoms with E-state index in [1.165, 1.54) is 0 Å². The number of aromatic nitrogens is 1. The van der Waals surface area contributed by atoms with Crippen molar-refractivity contribution >= 4 is 5.91 Å². The van der Waals surface area contributed by atoms with Crippen molar-refractivity contribution in [2.75, 3.05) is 6.54 Å². The van der Waals surface area contributed by atoms with Crippen LogP contribution in [0.15, 0.2) is 47.3 Å². The Balaban J connectivity index is 1.57. The minimum absolute atomic E-state index is 0.0313. The summed E-state index contributed by atoms with van der Waals surface area (Å²) in [6, 6.07) is 7.51. The van der Waals surface area contributed by atoms with Gasteiger partial charge in [-0.05, 0) is 29.8 Å². The second-order valence-electron chi connectivity index (χ2n) is 4.14. The smallest absolute Gasteiger partial charge is 0.221 e. The zero-order chi connectivity index (χ0) is 13.3. The van der Waals surface area contributed by atoms with Crippen molar-refractivity contribution in [2.24, 2.45) is 0 Å². The Morgan fingerprint density at radius 1 is 1.21 bits per heavy atom. The van der Waals surface area contributed by atoms with Gasteiger partial charge in [0.2, 0.25) is 5.91 Å². The van der Waals surface area contributed by atoms with Crippen LogP contribution in [-0.2, 0) is 17.9 Å². The van der Waals surface area contributed by atoms with Crippen molar-refractivity contribution in [1.29, 1.82) is 0 Å². The molecule has 100 valence electrons. The summed E-state index contributed by atoms with van der Waals surface area (Å²) in [4.78, 5) is 15.5. The summed E-state index contributed by atoms with van der Waals surface area (Å²) < 4.78 is 5.18. The lowest BCUT2D eigenvalue weighted by molar-refractivity contribution is -0.121. The zero-order valence-corrected chi connectivity index (χ0v) is 10.6. The Hall–Kier alpha value is -2.14. The van der Waals surface area contributed by atoms with Gasteiger partial charge in [0.25, 0.3) is 0 Å². The minimum atomic E-state index is 0.0313. The van der Waals surface area contributed by atoms with Gasteiger partial charge in [-0.25, -0.2) is 0 Å². The maximum absolute atomic E-state index is 11.6. The fraction of sp³-hybridized carbons (Fsp3) is 0.286. The molecule has 5 nitrogen and oxygen atoms in total. The van der Waals surface area contributed by atoms with Crippen LogP contribution in [0.3, 0.4) is 0 Å². The maximum atomic E-state index is 11.6. The van der Waals surface area contributed by atoms with E-state index in [1.54, 1.807) is 18.7 Å². The largest absolute Gasteiger partial charge is 0.468 e. The van der Waals surface area contributed by atoms with E-state index in [9.17, 15) is 4.79 Å². The highest BCUT2D eigenvalue weighted by atomic mass is 16.3. The first-order valence-corrected chi connectivity index (χ1v) is 6.23. The van der Waals surface area contributed by atoms with Crippen LogP contribution >= 0.6 is 0 Å². The summed E-state index contributed by atoms with van der Waals surface area (Å²) in [5.74, 6) is 0.904. The number of furan rings is 1. The summed E-state index contributed by atoms with van der Waals surface area (Å²) >= 11 is 0. The number of amides is 1. The van der Waals surface area contributed by atoms with Gasteiger partial charge in [-0.3, -0.25) is 9.78 Å². The van der Waals surface area contributed by atoms with Crippen LogP contribution in [-0.4, -0.2) is 17.4 Å². The number of pyridine rings is 1. The highest BCUT2D eigenvalue weighted by Crippen LogP contribution is 1.98. The number of carbonyl (C=O) groups is 1. The molecule has 2 aromatic rings. The number of nitrogens with zero attached hydrogens (tertiary/aromatic N) is 1. The molecule has 2 aromatic heterocycles. The van der Waals surface area contributed by atoms with Gasteiger partial charge >= 0.3 is 0 Å². The van der Waals surface area contributed by atoms with Gasteiger partial charge in [-0.15, -0.1) is 0 Å². The van der Waals surface area contributed by atoms with Crippen LogP contribution in [0.4, 0.5) is 0 Å². The van der Waals surface area contributed by atoms with E-state index >= 15 is 0 Å². The van der Waals surface area contributed by atoms with E-state index in [-0.39, 0.29) is 5.91 Å². The number of hydrogen-bond donors (Lipinski definition) is 2. The normalized spacial score (nSPS) is 10.3. The Labute approximate surface area is 112 Å². The summed E-state index contributed by atoms with van der Waals surface area (Å²) in [5.41, 5.74) is 1.05. The van der Waals surface area contributed by atoms with E-state index in [1.807, 2.05) is 24.3 Å². The van der Waals surface area contributed by atoms with Gasteiger partial charge in [0, 0.05) is 31.9 Å². The third-order valence-corrected chi connectivity index (χ3v) is 2.65. The van der Waals surface area contributed by atoms with Gasteiger partial charge in [-0.2, -0.15) is 0 Å². The molecule has 2 rings (SSSR count). The van der Waals surface area contributed by atoms with Crippen molar-refractivity contribution in [3.63, 3.8) is 0 Å². The summed E-state index contributed by atoms with van der Waals surface area (Å²) in [7, 11) is 0. The molecule has 5 heteroatoms. The molecule has 0 saturated heterocycles. The second kappa shape index (κ2) is 7.33. The zero-order valence-electron chi connectivity index (χ0n) is 10.6. The predicted molar refractivity (Wildman–Crippen MR) is 71.1 cm³/mol. The molecule has 2 N–H and O–H groups in total. The highest BCUT2D eigenvalue weighted by Gasteiger charge is 2.01. The van der Waals surface area contributed by atoms with E-state index in [4.69, 9.17) is 4.42 Å². The molecular weight excluding hydrogens is 242 g/mol. The fourth-order valence-corrected chi connectivity index (χ4v) is 1.62. The Morgan fingerprint density at radius 3 is 2.79 bits per heavy atom. The lowest BCUT2D eigenvalue weighted by Gasteiger charge is -2.05. The lowest BCUT2D eigenvalue weighted by atomic mass is 10.2. The third kappa shape index (κ3) is 4.93. The number of carbonyl (C=O) groups excluding carboxylic acids is 1. The van der Waals surface area contributed by atoms with Gasteiger partial charge < -0.3 is 15.1 Å². The molecule has 0 aliphatic rings. The molecule has 0 bridgehead atoms. The van der Waals surface area contributed by atoms with Crippen LogP contribution in [0.2, 0.25) is 0 Å². The molecule has 0 unspecified atom stereocenters. The number of nitrogens with one attached hydrogen (secondary N) is 2. The molecule has 0 fully saturated rings. The van der Waals surface area contributed by atoms with Crippen molar-refractivity contribution in [3.05, 3.63) is 54.2 Å². The van der Waals surface area contributed by atoms with E-state index in [0.717, 1.165) is 11.3 Å². The van der Waals surface area contributed by atoms with Crippen LogP contribution in [0.5, 0.6) is 0 Å². The molecule has 2 heterocycles. The number of rotatable bonds is 7. The molecule has 0 aliphatic heterocycles. The molecule has 0 saturated carbocycles. The second-order valence-corrected chi connectivity index (χ2v) is 4.14. The van der Waals surface area contributed by atoms with Crippen molar-refractivity contribution in [3.8, 4) is 0 Å². The Kier molecular flexibility index (Phi) is 5.13. The van der Waals surface area contributed by atoms with E-state index in [0.29, 0.717) is 26.1 Å². The first kappa shape index (κ1) is 13.3. The Bertz CT molecular complexity index is 483. The maximum Gasteiger partial charge on any atom is 0.221 e. The summed E-state index contributed by atoms with van der Waals surface area (Å²) in [5, 5.41) is 6.01. The molecule has 19 heavy (non-hydrogen) atoms. The van der Waals surface area contributed by atoms with Gasteiger partial charge in [0.1, 0.15) is 5.76 Å². The third-order valence-electron chi connectivity index (χ3n) is 2.65. The fourth-order valence-electron chi connectivity index (χ4n) is 1.62. The average molecular weight is 259 g/mol. The van der Waals surface area contributed by atoms with Crippen LogP contribution < -0.4 is 10.6 Å². The standard InChI is InChI=1S/C14H17N3O2/c18-14(17-10-12-3-6-15-7-4-12)5-8-16-11-13-2-1-9-19-13/h1-4,6-7,9,16H,5,8,10-11H2,(H,17,18). The highest BCUT2D eigenvalue weighted by molar-refractivity contribution is 5.76. The van der Waals surface area contributed by atoms with Gasteiger partial charge in [0.15, 0.2) is 0 Å². The predicted octanol–water partition coefficient (Wildman–Crippen LogP) is 1.47. The quantitative estimate of drug-likeness (QED) is 0.739. The van der Waals surface area contributed by atoms with Crippen LogP contribution in [0, 0.1) is 0 Å². The van der Waals surface area contributed by atoms with Crippen molar-refractivity contribution in [2.45, 2.75) is 19.5 Å². The topological polar surface area (TPSA) is 67.2 Å². The molecule has 0 atom stereocenters.